The van der Waals surface area contributed by atoms with Crippen LogP contribution in [0.4, 0.5) is 0 Å². The number of imidazole rings is 2. The van der Waals surface area contributed by atoms with E-state index in [2.05, 4.69) is 69.3 Å². The Morgan fingerprint density at radius 3 is 1.64 bits per heavy atom. The molecule has 0 unspecified atom stereocenters. The van der Waals surface area contributed by atoms with Crippen LogP contribution in [0, 0.1) is 13.8 Å². The van der Waals surface area contributed by atoms with E-state index in [1.807, 2.05) is 12.7 Å². The minimum Gasteiger partial charge on any atom is -0.331 e. The summed E-state index contributed by atoms with van der Waals surface area (Å²) in [6.07, 6.45) is 7.49. The summed E-state index contributed by atoms with van der Waals surface area (Å²) in [6, 6.07) is 12.9. The van der Waals surface area contributed by atoms with Gasteiger partial charge in [0.2, 0.25) is 0 Å². The van der Waals surface area contributed by atoms with E-state index in [0.717, 1.165) is 24.1 Å². The fourth-order valence-corrected chi connectivity index (χ4v) is 3.43. The van der Waals surface area contributed by atoms with Crippen LogP contribution < -0.4 is 0 Å². The predicted octanol–water partition coefficient (Wildman–Crippen LogP) is 4.87. The minimum atomic E-state index is 1.03. The molecule has 0 aliphatic heterocycles. The summed E-state index contributed by atoms with van der Waals surface area (Å²) in [7, 11) is 0. The summed E-state index contributed by atoms with van der Waals surface area (Å²) >= 11 is 0. The van der Waals surface area contributed by atoms with Gasteiger partial charge in [-0.25, -0.2) is 9.97 Å². The first-order chi connectivity index (χ1) is 12.2. The molecule has 2 aromatic heterocycles. The molecule has 0 atom stereocenters. The summed E-state index contributed by atoms with van der Waals surface area (Å²) in [5.41, 5.74) is 7.25. The summed E-state index contributed by atoms with van der Waals surface area (Å²) < 4.78 is 4.55. The van der Waals surface area contributed by atoms with Crippen LogP contribution in [0.25, 0.3) is 22.1 Å². The Hall–Kier alpha value is -2.62. The van der Waals surface area contributed by atoms with E-state index >= 15 is 0 Å². The normalized spacial score (nSPS) is 11.6. The topological polar surface area (TPSA) is 35.6 Å². The maximum absolute atomic E-state index is 4.49. The van der Waals surface area contributed by atoms with Crippen LogP contribution in [-0.4, -0.2) is 19.1 Å². The molecule has 0 amide bonds. The van der Waals surface area contributed by atoms with Crippen LogP contribution in [0.2, 0.25) is 0 Å². The van der Waals surface area contributed by atoms with E-state index in [9.17, 15) is 0 Å². The first-order valence-corrected chi connectivity index (χ1v) is 9.04. The van der Waals surface area contributed by atoms with Crippen LogP contribution in [0.1, 0.15) is 30.4 Å². The molecule has 0 spiro atoms. The van der Waals surface area contributed by atoms with Crippen molar-refractivity contribution in [3.05, 3.63) is 60.2 Å². The van der Waals surface area contributed by atoms with E-state index in [0.29, 0.717) is 0 Å². The Morgan fingerprint density at radius 1 is 0.680 bits per heavy atom. The largest absolute Gasteiger partial charge is 0.331 e. The second-order valence-electron chi connectivity index (χ2n) is 6.92. The number of hydrogen-bond donors (Lipinski definition) is 0. The lowest BCUT2D eigenvalue weighted by Gasteiger charge is -2.07. The minimum absolute atomic E-state index is 1.03. The third kappa shape index (κ3) is 3.29. The van der Waals surface area contributed by atoms with Gasteiger partial charge in [0.1, 0.15) is 0 Å². The maximum Gasteiger partial charge on any atom is 0.0958 e. The average Bonchev–Trinajstić information content (AvgIpc) is 3.18. The monoisotopic (exact) mass is 332 g/mol. The lowest BCUT2D eigenvalue weighted by atomic mass is 10.2. The Kier molecular flexibility index (Phi) is 4.26. The molecular formula is C21H24N4. The number of aromatic nitrogens is 4. The molecule has 0 fully saturated rings. The smallest absolute Gasteiger partial charge is 0.0958 e. The highest BCUT2D eigenvalue weighted by Gasteiger charge is 2.04. The van der Waals surface area contributed by atoms with Crippen molar-refractivity contribution in [2.75, 3.05) is 0 Å². The van der Waals surface area contributed by atoms with Crippen molar-refractivity contribution in [1.29, 1.82) is 0 Å². The molecule has 0 aliphatic carbocycles. The van der Waals surface area contributed by atoms with Gasteiger partial charge in [-0.3, -0.25) is 0 Å². The Morgan fingerprint density at radius 2 is 1.16 bits per heavy atom. The molecule has 0 saturated heterocycles. The quantitative estimate of drug-likeness (QED) is 0.472. The summed E-state index contributed by atoms with van der Waals surface area (Å²) in [5.74, 6) is 0. The third-order valence-corrected chi connectivity index (χ3v) is 4.85. The van der Waals surface area contributed by atoms with Gasteiger partial charge in [0.15, 0.2) is 0 Å². The first kappa shape index (κ1) is 15.9. The van der Waals surface area contributed by atoms with Gasteiger partial charge in [-0.05, 0) is 68.5 Å². The van der Waals surface area contributed by atoms with Gasteiger partial charge in [-0.15, -0.1) is 0 Å². The molecule has 4 heteroatoms. The predicted molar refractivity (Wildman–Crippen MR) is 103 cm³/mol. The SMILES string of the molecule is Cc1ccc2ncn(CCCCCn3cnc4ccc(C)cc43)c2c1. The Balaban J connectivity index is 1.33. The van der Waals surface area contributed by atoms with Gasteiger partial charge in [0.25, 0.3) is 0 Å². The van der Waals surface area contributed by atoms with Crippen molar-refractivity contribution in [1.82, 2.24) is 19.1 Å². The van der Waals surface area contributed by atoms with E-state index < -0.39 is 0 Å². The van der Waals surface area contributed by atoms with E-state index in [1.165, 1.54) is 41.4 Å². The molecule has 25 heavy (non-hydrogen) atoms. The fourth-order valence-electron chi connectivity index (χ4n) is 3.43. The van der Waals surface area contributed by atoms with Crippen LogP contribution in [-0.2, 0) is 13.1 Å². The number of unbranched alkanes of at least 4 members (excludes halogenated alkanes) is 2. The number of rotatable bonds is 6. The Labute approximate surface area is 148 Å². The molecule has 4 rings (SSSR count). The molecule has 128 valence electrons. The molecule has 0 N–H and O–H groups in total. The van der Waals surface area contributed by atoms with Crippen molar-refractivity contribution < 1.29 is 0 Å². The van der Waals surface area contributed by atoms with Gasteiger partial charge in [0, 0.05) is 13.1 Å². The zero-order valence-electron chi connectivity index (χ0n) is 14.9. The molecule has 2 heterocycles. The highest BCUT2D eigenvalue weighted by atomic mass is 15.0. The van der Waals surface area contributed by atoms with Crippen molar-refractivity contribution in [3.63, 3.8) is 0 Å². The second kappa shape index (κ2) is 6.71. The number of fused-ring (bicyclic) bond motifs is 2. The van der Waals surface area contributed by atoms with Crippen molar-refractivity contribution >= 4 is 22.1 Å². The highest BCUT2D eigenvalue weighted by molar-refractivity contribution is 5.76. The average molecular weight is 332 g/mol. The van der Waals surface area contributed by atoms with Crippen molar-refractivity contribution in [2.45, 2.75) is 46.2 Å². The van der Waals surface area contributed by atoms with Crippen LogP contribution in [0.15, 0.2) is 49.1 Å². The number of nitrogens with zero attached hydrogens (tertiary/aromatic N) is 4. The molecular weight excluding hydrogens is 308 g/mol. The fraction of sp³-hybridized carbons (Fsp3) is 0.333. The van der Waals surface area contributed by atoms with Gasteiger partial charge in [-0.2, -0.15) is 0 Å². The van der Waals surface area contributed by atoms with E-state index in [-0.39, 0.29) is 0 Å². The third-order valence-electron chi connectivity index (χ3n) is 4.85. The lowest BCUT2D eigenvalue weighted by Crippen LogP contribution is -1.99. The van der Waals surface area contributed by atoms with Crippen molar-refractivity contribution in [2.24, 2.45) is 0 Å². The molecule has 4 nitrogen and oxygen atoms in total. The molecule has 0 aliphatic rings. The molecule has 0 saturated carbocycles. The van der Waals surface area contributed by atoms with Crippen LogP contribution in [0.5, 0.6) is 0 Å². The zero-order chi connectivity index (χ0) is 17.2. The highest BCUT2D eigenvalue weighted by Crippen LogP contribution is 2.17. The van der Waals surface area contributed by atoms with Gasteiger partial charge in [0.05, 0.1) is 34.7 Å². The number of aryl methyl sites for hydroxylation is 4. The van der Waals surface area contributed by atoms with Gasteiger partial charge >= 0.3 is 0 Å². The molecule has 2 aromatic carbocycles. The standard InChI is InChI=1S/C21H24N4/c1-16-6-8-18-20(12-16)24(14-22-18)10-4-3-5-11-25-15-23-19-9-7-17(2)13-21(19)25/h6-9,12-15H,3-5,10-11H2,1-2H3. The first-order valence-electron chi connectivity index (χ1n) is 9.04. The maximum atomic E-state index is 4.49. The summed E-state index contributed by atoms with van der Waals surface area (Å²) in [6.45, 7) is 6.33. The van der Waals surface area contributed by atoms with Gasteiger partial charge in [-0.1, -0.05) is 12.1 Å². The van der Waals surface area contributed by atoms with E-state index in [4.69, 9.17) is 0 Å². The zero-order valence-corrected chi connectivity index (χ0v) is 14.9. The Bertz CT molecular complexity index is 927. The second-order valence-corrected chi connectivity index (χ2v) is 6.92. The van der Waals surface area contributed by atoms with E-state index in [1.54, 1.807) is 0 Å². The van der Waals surface area contributed by atoms with Crippen molar-refractivity contribution in [3.8, 4) is 0 Å². The molecule has 4 aromatic rings. The number of hydrogen-bond acceptors (Lipinski definition) is 2. The molecule has 0 bridgehead atoms. The number of benzene rings is 2. The molecule has 0 radical (unpaired) electrons. The lowest BCUT2D eigenvalue weighted by molar-refractivity contribution is 0.556. The van der Waals surface area contributed by atoms with Crippen LogP contribution >= 0.6 is 0 Å². The summed E-state index contributed by atoms with van der Waals surface area (Å²) in [5, 5.41) is 0. The van der Waals surface area contributed by atoms with Gasteiger partial charge < -0.3 is 9.13 Å². The van der Waals surface area contributed by atoms with Crippen LogP contribution in [0.3, 0.4) is 0 Å². The summed E-state index contributed by atoms with van der Waals surface area (Å²) in [4.78, 5) is 8.98.